The van der Waals surface area contributed by atoms with E-state index < -0.39 is 0 Å². The van der Waals surface area contributed by atoms with E-state index in [0.29, 0.717) is 10.2 Å². The van der Waals surface area contributed by atoms with Gasteiger partial charge in [-0.1, -0.05) is 28.1 Å². The van der Waals surface area contributed by atoms with Crippen LogP contribution in [0.25, 0.3) is 6.08 Å². The van der Waals surface area contributed by atoms with Gasteiger partial charge in [0.1, 0.15) is 5.75 Å². The topological polar surface area (TPSA) is 20.2 Å². The van der Waals surface area contributed by atoms with E-state index in [4.69, 9.17) is 0 Å². The fraction of sp³-hybridized carbons (Fsp3) is 0.111. The maximum Gasteiger partial charge on any atom is 0.137 e. The zero-order valence-electron chi connectivity index (χ0n) is 6.67. The van der Waals surface area contributed by atoms with Crippen molar-refractivity contribution in [2.45, 2.75) is 0 Å². The second-order valence-electron chi connectivity index (χ2n) is 2.41. The first-order chi connectivity index (χ1) is 6.15. The number of thiol groups is 1. The molecule has 1 nitrogen and oxygen atoms in total. The van der Waals surface area contributed by atoms with Crippen LogP contribution in [-0.4, -0.2) is 10.9 Å². The molecule has 0 heterocycles. The zero-order valence-corrected chi connectivity index (χ0v) is 10.7. The lowest BCUT2D eigenvalue weighted by Gasteiger charge is -2.02. The molecule has 0 radical (unpaired) electrons. The van der Waals surface area contributed by atoms with Gasteiger partial charge in [-0.25, -0.2) is 0 Å². The summed E-state index contributed by atoms with van der Waals surface area (Å²) < 4.78 is 1.61. The first-order valence-electron chi connectivity index (χ1n) is 3.60. The maximum atomic E-state index is 9.60. The fourth-order valence-electron chi connectivity index (χ4n) is 0.893. The molecule has 0 amide bonds. The molecule has 1 rings (SSSR count). The number of phenolic OH excluding ortho intramolecular Hbond substituents is 1. The van der Waals surface area contributed by atoms with Gasteiger partial charge in [-0.05, 0) is 28.1 Å². The van der Waals surface area contributed by atoms with Crippen LogP contribution in [-0.2, 0) is 0 Å². The Bertz CT molecular complexity index is 337. The van der Waals surface area contributed by atoms with Crippen LogP contribution in [0.4, 0.5) is 0 Å². The van der Waals surface area contributed by atoms with E-state index in [0.717, 1.165) is 10.0 Å². The van der Waals surface area contributed by atoms with E-state index in [1.165, 1.54) is 0 Å². The Morgan fingerprint density at radius 1 is 1.38 bits per heavy atom. The first-order valence-corrected chi connectivity index (χ1v) is 5.82. The van der Waals surface area contributed by atoms with Crippen LogP contribution in [0.5, 0.6) is 5.75 Å². The lowest BCUT2D eigenvalue weighted by Crippen LogP contribution is -1.78. The third kappa shape index (κ3) is 3.04. The van der Waals surface area contributed by atoms with E-state index in [9.17, 15) is 5.11 Å². The van der Waals surface area contributed by atoms with Crippen LogP contribution in [0.15, 0.2) is 27.2 Å². The van der Waals surface area contributed by atoms with Gasteiger partial charge >= 0.3 is 0 Å². The summed E-state index contributed by atoms with van der Waals surface area (Å²) in [5.41, 5.74) is 0.773. The Hall–Kier alpha value is 0.0700. The first kappa shape index (κ1) is 11.1. The van der Waals surface area contributed by atoms with Crippen LogP contribution in [0.1, 0.15) is 5.56 Å². The van der Waals surface area contributed by atoms with E-state index in [1.54, 1.807) is 6.07 Å². The summed E-state index contributed by atoms with van der Waals surface area (Å²) in [6.45, 7) is 0. The van der Waals surface area contributed by atoms with Crippen molar-refractivity contribution < 1.29 is 5.11 Å². The summed E-state index contributed by atoms with van der Waals surface area (Å²) in [6, 6.07) is 3.65. The van der Waals surface area contributed by atoms with Gasteiger partial charge < -0.3 is 5.11 Å². The number of phenols is 1. The molecule has 1 aromatic rings. The lowest BCUT2D eigenvalue weighted by molar-refractivity contribution is 0.470. The van der Waals surface area contributed by atoms with Gasteiger partial charge in [0.2, 0.25) is 0 Å². The number of rotatable bonds is 2. The Morgan fingerprint density at radius 3 is 2.69 bits per heavy atom. The highest BCUT2D eigenvalue weighted by molar-refractivity contribution is 9.11. The second-order valence-corrected chi connectivity index (χ2v) is 4.55. The highest BCUT2D eigenvalue weighted by atomic mass is 79.9. The number of hydrogen-bond acceptors (Lipinski definition) is 2. The molecule has 0 aliphatic heterocycles. The number of halogens is 2. The molecule has 0 saturated carbocycles. The van der Waals surface area contributed by atoms with Crippen molar-refractivity contribution >= 4 is 50.6 Å². The minimum absolute atomic E-state index is 0.251. The Kier molecular flexibility index (Phi) is 4.35. The Balaban J connectivity index is 3.12. The largest absolute Gasteiger partial charge is 0.506 e. The monoisotopic (exact) mass is 322 g/mol. The molecular formula is C9H8Br2OS. The third-order valence-electron chi connectivity index (χ3n) is 1.46. The molecule has 0 bridgehead atoms. The smallest absolute Gasteiger partial charge is 0.137 e. The van der Waals surface area contributed by atoms with Gasteiger partial charge in [0.15, 0.2) is 0 Å². The Morgan fingerprint density at radius 2 is 2.08 bits per heavy atom. The van der Waals surface area contributed by atoms with E-state index in [1.807, 2.05) is 18.2 Å². The lowest BCUT2D eigenvalue weighted by atomic mass is 10.2. The molecule has 13 heavy (non-hydrogen) atoms. The van der Waals surface area contributed by atoms with Crippen LogP contribution >= 0.6 is 44.5 Å². The van der Waals surface area contributed by atoms with Gasteiger partial charge in [-0.15, -0.1) is 0 Å². The van der Waals surface area contributed by atoms with Crippen LogP contribution < -0.4 is 0 Å². The number of benzene rings is 1. The molecule has 0 aliphatic rings. The standard InChI is InChI=1S/C9H8Br2OS/c10-7-4-6(2-1-3-13)9(12)8(11)5-7/h1-2,4-5,12-13H,3H2. The summed E-state index contributed by atoms with van der Waals surface area (Å²) in [5.74, 6) is 0.907. The van der Waals surface area contributed by atoms with Crippen LogP contribution in [0.2, 0.25) is 0 Å². The minimum atomic E-state index is 0.251. The predicted molar refractivity (Wildman–Crippen MR) is 66.4 cm³/mol. The fourth-order valence-corrected chi connectivity index (χ4v) is 2.26. The molecule has 0 aromatic heterocycles. The van der Waals surface area contributed by atoms with Gasteiger partial charge in [0.25, 0.3) is 0 Å². The molecule has 0 spiro atoms. The Labute approximate surface area is 99.5 Å². The zero-order chi connectivity index (χ0) is 9.84. The average molecular weight is 324 g/mol. The minimum Gasteiger partial charge on any atom is -0.506 e. The molecule has 1 aromatic carbocycles. The SMILES string of the molecule is Oc1c(Br)cc(Br)cc1C=CCS. The van der Waals surface area contributed by atoms with Crippen LogP contribution in [0.3, 0.4) is 0 Å². The molecule has 4 heteroatoms. The van der Waals surface area contributed by atoms with Gasteiger partial charge in [0.05, 0.1) is 4.47 Å². The maximum absolute atomic E-state index is 9.60. The van der Waals surface area contributed by atoms with Crippen molar-refractivity contribution in [2.24, 2.45) is 0 Å². The van der Waals surface area contributed by atoms with Crippen molar-refractivity contribution in [2.75, 3.05) is 5.75 Å². The summed E-state index contributed by atoms with van der Waals surface area (Å²) in [5, 5.41) is 9.60. The quantitative estimate of drug-likeness (QED) is 0.792. The predicted octanol–water partition coefficient (Wildman–Crippen LogP) is 3.86. The molecular weight excluding hydrogens is 316 g/mol. The number of hydrogen-bond donors (Lipinski definition) is 2. The van der Waals surface area contributed by atoms with Crippen LogP contribution in [0, 0.1) is 0 Å². The van der Waals surface area contributed by atoms with Gasteiger partial charge in [-0.2, -0.15) is 12.6 Å². The molecule has 0 aliphatic carbocycles. The molecule has 0 saturated heterocycles. The molecule has 0 fully saturated rings. The van der Waals surface area contributed by atoms with Crippen molar-refractivity contribution in [3.8, 4) is 5.75 Å². The summed E-state index contributed by atoms with van der Waals surface area (Å²) >= 11 is 10.6. The third-order valence-corrected chi connectivity index (χ3v) is 2.73. The summed E-state index contributed by atoms with van der Waals surface area (Å²) in [7, 11) is 0. The van der Waals surface area contributed by atoms with Crippen molar-refractivity contribution in [3.05, 3.63) is 32.7 Å². The van der Waals surface area contributed by atoms with Gasteiger partial charge in [0, 0.05) is 15.8 Å². The van der Waals surface area contributed by atoms with E-state index >= 15 is 0 Å². The average Bonchev–Trinajstić information content (AvgIpc) is 2.09. The van der Waals surface area contributed by atoms with Gasteiger partial charge in [-0.3, -0.25) is 0 Å². The summed E-state index contributed by atoms with van der Waals surface area (Å²) in [6.07, 6.45) is 3.70. The molecule has 70 valence electrons. The highest BCUT2D eigenvalue weighted by Crippen LogP contribution is 2.32. The molecule has 0 atom stereocenters. The van der Waals surface area contributed by atoms with Crippen molar-refractivity contribution in [1.82, 2.24) is 0 Å². The van der Waals surface area contributed by atoms with E-state index in [2.05, 4.69) is 44.5 Å². The molecule has 0 unspecified atom stereocenters. The van der Waals surface area contributed by atoms with Crippen molar-refractivity contribution in [3.63, 3.8) is 0 Å². The number of aromatic hydroxyl groups is 1. The van der Waals surface area contributed by atoms with E-state index in [-0.39, 0.29) is 5.75 Å². The normalized spacial score (nSPS) is 11.0. The molecule has 1 N–H and O–H groups in total. The van der Waals surface area contributed by atoms with Crippen molar-refractivity contribution in [1.29, 1.82) is 0 Å². The summed E-state index contributed by atoms with van der Waals surface area (Å²) in [4.78, 5) is 0. The highest BCUT2D eigenvalue weighted by Gasteiger charge is 2.03. The second kappa shape index (κ2) is 5.08.